The van der Waals surface area contributed by atoms with E-state index in [0.717, 1.165) is 17.4 Å². The number of amides is 1. The lowest BCUT2D eigenvalue weighted by molar-refractivity contribution is -0.110. The van der Waals surface area contributed by atoms with Gasteiger partial charge < -0.3 is 5.32 Å². The van der Waals surface area contributed by atoms with Gasteiger partial charge in [-0.3, -0.25) is 9.52 Å². The van der Waals surface area contributed by atoms with Gasteiger partial charge in [0.2, 0.25) is 10.0 Å². The maximum Gasteiger partial charge on any atom is 0.257 e. The number of pyridine rings is 1. The smallest absolute Gasteiger partial charge is 0.257 e. The van der Waals surface area contributed by atoms with Crippen molar-refractivity contribution in [2.45, 2.75) is 0 Å². The van der Waals surface area contributed by atoms with Crippen LogP contribution in [0.3, 0.4) is 0 Å². The third-order valence-corrected chi connectivity index (χ3v) is 3.71. The van der Waals surface area contributed by atoms with E-state index in [1.807, 2.05) is 6.07 Å². The molecule has 1 amide bonds. The highest BCUT2D eigenvalue weighted by Crippen LogP contribution is 2.31. The van der Waals surface area contributed by atoms with Crippen molar-refractivity contribution in [3.8, 4) is 0 Å². The highest BCUT2D eigenvalue weighted by atomic mass is 32.2. The maximum absolute atomic E-state index is 12.0. The van der Waals surface area contributed by atoms with E-state index in [-0.39, 0.29) is 5.91 Å². The third kappa shape index (κ3) is 2.99. The fraction of sp³-hybridized carbons (Fsp3) is 0.0667. The van der Waals surface area contributed by atoms with Gasteiger partial charge in [0.25, 0.3) is 5.91 Å². The van der Waals surface area contributed by atoms with Gasteiger partial charge in [-0.1, -0.05) is 12.1 Å². The van der Waals surface area contributed by atoms with Crippen LogP contribution in [-0.2, 0) is 14.8 Å². The summed E-state index contributed by atoms with van der Waals surface area (Å²) in [6, 6.07) is 10.4. The fourth-order valence-corrected chi connectivity index (χ4v) is 2.76. The number of nitrogens with zero attached hydrogens (tertiary/aromatic N) is 1. The van der Waals surface area contributed by atoms with Crippen molar-refractivity contribution >= 4 is 39.1 Å². The summed E-state index contributed by atoms with van der Waals surface area (Å²) in [6.45, 7) is 0. The number of carbonyl (C=O) groups is 1. The molecular weight excluding hydrogens is 302 g/mol. The molecule has 0 fully saturated rings. The lowest BCUT2D eigenvalue weighted by Gasteiger charge is -2.04. The number of fused-ring (bicyclic) bond motifs is 1. The van der Waals surface area contributed by atoms with Crippen molar-refractivity contribution in [3.05, 3.63) is 53.7 Å². The van der Waals surface area contributed by atoms with Gasteiger partial charge in [-0.15, -0.1) is 0 Å². The summed E-state index contributed by atoms with van der Waals surface area (Å²) in [5, 5.41) is 2.70. The molecule has 0 aliphatic carbocycles. The molecule has 2 heterocycles. The van der Waals surface area contributed by atoms with E-state index in [1.54, 1.807) is 42.6 Å². The minimum atomic E-state index is -3.30. The van der Waals surface area contributed by atoms with Crippen molar-refractivity contribution in [2.75, 3.05) is 16.3 Å². The molecule has 112 valence electrons. The van der Waals surface area contributed by atoms with Crippen LogP contribution in [0.15, 0.2) is 42.6 Å². The first kappa shape index (κ1) is 14.3. The van der Waals surface area contributed by atoms with Crippen molar-refractivity contribution < 1.29 is 13.2 Å². The zero-order valence-electron chi connectivity index (χ0n) is 11.7. The lowest BCUT2D eigenvalue weighted by atomic mass is 10.1. The Hall–Kier alpha value is -2.67. The molecule has 22 heavy (non-hydrogen) atoms. The Morgan fingerprint density at radius 1 is 1.18 bits per heavy atom. The Labute approximate surface area is 127 Å². The average Bonchev–Trinajstić information content (AvgIpc) is 2.76. The van der Waals surface area contributed by atoms with E-state index < -0.39 is 10.0 Å². The summed E-state index contributed by atoms with van der Waals surface area (Å²) in [5.41, 5.74) is 2.56. The molecule has 2 aromatic rings. The molecule has 0 unspecified atom stereocenters. The molecule has 1 aliphatic rings. The molecule has 1 aliphatic heterocycles. The van der Waals surface area contributed by atoms with Gasteiger partial charge in [0.1, 0.15) is 5.82 Å². The second kappa shape index (κ2) is 5.27. The maximum atomic E-state index is 12.0. The zero-order chi connectivity index (χ0) is 15.7. The van der Waals surface area contributed by atoms with Crippen LogP contribution in [0.4, 0.5) is 11.5 Å². The minimum Gasteiger partial charge on any atom is -0.306 e. The van der Waals surface area contributed by atoms with Crippen LogP contribution in [0.2, 0.25) is 0 Å². The van der Waals surface area contributed by atoms with Crippen LogP contribution in [-0.4, -0.2) is 25.6 Å². The van der Waals surface area contributed by atoms with Crippen molar-refractivity contribution in [1.82, 2.24) is 4.98 Å². The van der Waals surface area contributed by atoms with Crippen LogP contribution in [0.1, 0.15) is 11.1 Å². The molecule has 0 saturated carbocycles. The summed E-state index contributed by atoms with van der Waals surface area (Å²) in [5.74, 6) is 0.348. The molecule has 0 saturated heterocycles. The Balaban J connectivity index is 1.91. The minimum absolute atomic E-state index is 0.202. The quantitative estimate of drug-likeness (QED) is 0.847. The Kier molecular flexibility index (Phi) is 3.42. The van der Waals surface area contributed by atoms with Gasteiger partial charge in [0, 0.05) is 17.4 Å². The van der Waals surface area contributed by atoms with Crippen LogP contribution in [0.5, 0.6) is 0 Å². The SMILES string of the molecule is CS(=O)(=O)Nc1ccc(C=C2C(=O)Nc3ncccc32)cc1. The molecule has 2 N–H and O–H groups in total. The van der Waals surface area contributed by atoms with Crippen LogP contribution in [0.25, 0.3) is 11.6 Å². The first-order chi connectivity index (χ1) is 10.4. The normalized spacial score (nSPS) is 15.5. The molecule has 6 nitrogen and oxygen atoms in total. The number of sulfonamides is 1. The first-order valence-electron chi connectivity index (χ1n) is 6.49. The van der Waals surface area contributed by atoms with Crippen LogP contribution >= 0.6 is 0 Å². The average molecular weight is 315 g/mol. The molecular formula is C15H13N3O3S. The van der Waals surface area contributed by atoms with Crippen molar-refractivity contribution in [1.29, 1.82) is 0 Å². The van der Waals surface area contributed by atoms with E-state index >= 15 is 0 Å². The number of hydrogen-bond acceptors (Lipinski definition) is 4. The summed E-state index contributed by atoms with van der Waals surface area (Å²) < 4.78 is 24.7. The summed E-state index contributed by atoms with van der Waals surface area (Å²) in [4.78, 5) is 16.1. The van der Waals surface area contributed by atoms with E-state index in [1.165, 1.54) is 0 Å². The number of benzene rings is 1. The summed E-state index contributed by atoms with van der Waals surface area (Å²) >= 11 is 0. The lowest BCUT2D eigenvalue weighted by Crippen LogP contribution is -2.09. The van der Waals surface area contributed by atoms with Gasteiger partial charge in [0.15, 0.2) is 0 Å². The topological polar surface area (TPSA) is 88.2 Å². The van der Waals surface area contributed by atoms with Gasteiger partial charge in [-0.05, 0) is 35.9 Å². The van der Waals surface area contributed by atoms with Gasteiger partial charge >= 0.3 is 0 Å². The molecule has 0 spiro atoms. The fourth-order valence-electron chi connectivity index (χ4n) is 2.19. The zero-order valence-corrected chi connectivity index (χ0v) is 12.5. The van der Waals surface area contributed by atoms with Gasteiger partial charge in [-0.25, -0.2) is 13.4 Å². The van der Waals surface area contributed by atoms with E-state index in [0.29, 0.717) is 17.1 Å². The molecule has 0 radical (unpaired) electrons. The number of rotatable bonds is 3. The molecule has 1 aromatic carbocycles. The third-order valence-electron chi connectivity index (χ3n) is 3.10. The largest absolute Gasteiger partial charge is 0.306 e. The number of nitrogens with one attached hydrogen (secondary N) is 2. The predicted octanol–water partition coefficient (Wildman–Crippen LogP) is 1.95. The second-order valence-electron chi connectivity index (χ2n) is 4.91. The molecule has 0 bridgehead atoms. The molecule has 1 aromatic heterocycles. The van der Waals surface area contributed by atoms with Gasteiger partial charge in [0.05, 0.1) is 11.8 Å². The first-order valence-corrected chi connectivity index (χ1v) is 8.38. The highest BCUT2D eigenvalue weighted by Gasteiger charge is 2.24. The molecule has 3 rings (SSSR count). The molecule has 7 heteroatoms. The number of hydrogen-bond donors (Lipinski definition) is 2. The van der Waals surface area contributed by atoms with Crippen LogP contribution in [0, 0.1) is 0 Å². The Morgan fingerprint density at radius 2 is 1.91 bits per heavy atom. The van der Waals surface area contributed by atoms with E-state index in [9.17, 15) is 13.2 Å². The number of anilines is 2. The molecule has 0 atom stereocenters. The highest BCUT2D eigenvalue weighted by molar-refractivity contribution is 7.92. The van der Waals surface area contributed by atoms with Gasteiger partial charge in [-0.2, -0.15) is 0 Å². The summed E-state index contributed by atoms with van der Waals surface area (Å²) in [7, 11) is -3.30. The van der Waals surface area contributed by atoms with Crippen molar-refractivity contribution in [3.63, 3.8) is 0 Å². The second-order valence-corrected chi connectivity index (χ2v) is 6.66. The predicted molar refractivity (Wildman–Crippen MR) is 85.6 cm³/mol. The Bertz CT molecular complexity index is 871. The monoisotopic (exact) mass is 315 g/mol. The van der Waals surface area contributed by atoms with E-state index in [4.69, 9.17) is 0 Å². The Morgan fingerprint density at radius 3 is 2.59 bits per heavy atom. The van der Waals surface area contributed by atoms with E-state index in [2.05, 4.69) is 15.0 Å². The number of carbonyl (C=O) groups excluding carboxylic acids is 1. The van der Waals surface area contributed by atoms with Crippen LogP contribution < -0.4 is 10.0 Å². The number of aromatic nitrogens is 1. The standard InChI is InChI=1S/C15H13N3O3S/c1-22(20,21)18-11-6-4-10(5-7-11)9-13-12-3-2-8-16-14(12)17-15(13)19/h2-9,18H,1H3,(H,16,17,19). The van der Waals surface area contributed by atoms with Crippen molar-refractivity contribution in [2.24, 2.45) is 0 Å². The summed E-state index contributed by atoms with van der Waals surface area (Å²) in [6.07, 6.45) is 4.45.